The van der Waals surface area contributed by atoms with Gasteiger partial charge in [-0.05, 0) is 30.4 Å². The van der Waals surface area contributed by atoms with Gasteiger partial charge in [0.25, 0.3) is 0 Å². The highest BCUT2D eigenvalue weighted by Gasteiger charge is 2.28. The summed E-state index contributed by atoms with van der Waals surface area (Å²) in [5, 5.41) is 0. The van der Waals surface area contributed by atoms with Crippen LogP contribution in [0.5, 0.6) is 0 Å². The molecular weight excluding hydrogens is 238 g/mol. The molecule has 0 saturated heterocycles. The van der Waals surface area contributed by atoms with Gasteiger partial charge in [-0.2, -0.15) is 0 Å². The van der Waals surface area contributed by atoms with E-state index >= 15 is 0 Å². The molecule has 1 atom stereocenters. The average molecular weight is 253 g/mol. The molecule has 96 valence electrons. The zero-order chi connectivity index (χ0) is 13.4. The first-order chi connectivity index (χ1) is 9.15. The summed E-state index contributed by atoms with van der Waals surface area (Å²) in [6, 6.07) is 8.18. The molecule has 19 heavy (non-hydrogen) atoms. The van der Waals surface area contributed by atoms with E-state index in [0.29, 0.717) is 12.0 Å². The van der Waals surface area contributed by atoms with Crippen LogP contribution in [0.25, 0.3) is 0 Å². The molecule has 3 rings (SSSR count). The predicted molar refractivity (Wildman–Crippen MR) is 73.0 cm³/mol. The SMILES string of the molecule is Cc1ccccc1[C@H]1CC(=O)c2cnc(N)nc2C1. The lowest BCUT2D eigenvalue weighted by Crippen LogP contribution is -2.21. The van der Waals surface area contributed by atoms with Crippen LogP contribution in [0.1, 0.15) is 39.5 Å². The molecule has 0 aliphatic heterocycles. The molecule has 1 aliphatic rings. The number of benzene rings is 1. The lowest BCUT2D eigenvalue weighted by molar-refractivity contribution is 0.0962. The summed E-state index contributed by atoms with van der Waals surface area (Å²) in [6.45, 7) is 2.07. The van der Waals surface area contributed by atoms with E-state index in [1.807, 2.05) is 12.1 Å². The molecule has 2 N–H and O–H groups in total. The minimum atomic E-state index is 0.106. The van der Waals surface area contributed by atoms with E-state index in [-0.39, 0.29) is 17.6 Å². The maximum absolute atomic E-state index is 12.2. The summed E-state index contributed by atoms with van der Waals surface area (Å²) in [5.74, 6) is 0.530. The van der Waals surface area contributed by atoms with Gasteiger partial charge in [-0.1, -0.05) is 24.3 Å². The minimum Gasteiger partial charge on any atom is -0.368 e. The third-order valence-electron chi connectivity index (χ3n) is 3.69. The van der Waals surface area contributed by atoms with Crippen molar-refractivity contribution < 1.29 is 4.79 Å². The highest BCUT2D eigenvalue weighted by atomic mass is 16.1. The Kier molecular flexibility index (Phi) is 2.78. The van der Waals surface area contributed by atoms with Crippen LogP contribution in [0.4, 0.5) is 5.95 Å². The summed E-state index contributed by atoms with van der Waals surface area (Å²) >= 11 is 0. The lowest BCUT2D eigenvalue weighted by atomic mass is 9.81. The molecule has 2 aromatic rings. The molecule has 0 spiro atoms. The van der Waals surface area contributed by atoms with Gasteiger partial charge < -0.3 is 5.73 Å². The summed E-state index contributed by atoms with van der Waals surface area (Å²) in [5.41, 5.74) is 9.44. The predicted octanol–water partition coefficient (Wildman–Crippen LogP) is 2.28. The van der Waals surface area contributed by atoms with Crippen molar-refractivity contribution in [3.63, 3.8) is 0 Å². The number of ketones is 1. The molecule has 1 aliphatic carbocycles. The topological polar surface area (TPSA) is 68.9 Å². The highest BCUT2D eigenvalue weighted by Crippen LogP contribution is 2.33. The molecule has 0 bridgehead atoms. The second-order valence-electron chi connectivity index (χ2n) is 4.97. The number of aromatic nitrogens is 2. The zero-order valence-corrected chi connectivity index (χ0v) is 10.8. The number of anilines is 1. The Balaban J connectivity index is 2.01. The minimum absolute atomic E-state index is 0.106. The highest BCUT2D eigenvalue weighted by molar-refractivity contribution is 5.98. The largest absolute Gasteiger partial charge is 0.368 e. The van der Waals surface area contributed by atoms with E-state index in [1.54, 1.807) is 6.20 Å². The van der Waals surface area contributed by atoms with Gasteiger partial charge in [0.2, 0.25) is 5.95 Å². The number of Topliss-reactive ketones (excluding diaryl/α,β-unsaturated/α-hetero) is 1. The maximum atomic E-state index is 12.2. The molecule has 0 unspecified atom stereocenters. The Bertz CT molecular complexity index is 652. The van der Waals surface area contributed by atoms with Crippen molar-refractivity contribution in [2.75, 3.05) is 5.73 Å². The van der Waals surface area contributed by atoms with E-state index in [0.717, 1.165) is 12.1 Å². The van der Waals surface area contributed by atoms with Crippen LogP contribution in [0.3, 0.4) is 0 Å². The quantitative estimate of drug-likeness (QED) is 0.846. The first kappa shape index (κ1) is 11.8. The number of rotatable bonds is 1. The standard InChI is InChI=1S/C15H15N3O/c1-9-4-2-3-5-11(9)10-6-13-12(14(19)7-10)8-17-15(16)18-13/h2-5,8,10H,6-7H2,1H3,(H2,16,17,18)/t10-/m1/s1. The van der Waals surface area contributed by atoms with Crippen LogP contribution in [-0.4, -0.2) is 15.8 Å². The van der Waals surface area contributed by atoms with Gasteiger partial charge in [-0.15, -0.1) is 0 Å². The summed E-state index contributed by atoms with van der Waals surface area (Å²) in [6.07, 6.45) is 2.82. The maximum Gasteiger partial charge on any atom is 0.220 e. The first-order valence-electron chi connectivity index (χ1n) is 6.35. The van der Waals surface area contributed by atoms with E-state index < -0.39 is 0 Å². The van der Waals surface area contributed by atoms with E-state index in [9.17, 15) is 4.79 Å². The van der Waals surface area contributed by atoms with Crippen LogP contribution in [0, 0.1) is 6.92 Å². The number of fused-ring (bicyclic) bond motifs is 1. The van der Waals surface area contributed by atoms with Gasteiger partial charge >= 0.3 is 0 Å². The fourth-order valence-corrected chi connectivity index (χ4v) is 2.73. The number of nitrogen functional groups attached to an aromatic ring is 1. The number of hydrogen-bond donors (Lipinski definition) is 1. The monoisotopic (exact) mass is 253 g/mol. The van der Waals surface area contributed by atoms with Crippen molar-refractivity contribution in [3.05, 3.63) is 52.8 Å². The van der Waals surface area contributed by atoms with Gasteiger partial charge in [0.15, 0.2) is 5.78 Å². The lowest BCUT2D eigenvalue weighted by Gasteiger charge is -2.24. The fourth-order valence-electron chi connectivity index (χ4n) is 2.73. The number of carbonyl (C=O) groups is 1. The Morgan fingerprint density at radius 3 is 2.84 bits per heavy atom. The molecule has 0 fully saturated rings. The Morgan fingerprint density at radius 1 is 1.26 bits per heavy atom. The molecular formula is C15H15N3O. The normalized spacial score (nSPS) is 18.2. The van der Waals surface area contributed by atoms with Crippen molar-refractivity contribution in [1.82, 2.24) is 9.97 Å². The average Bonchev–Trinajstić information content (AvgIpc) is 2.38. The van der Waals surface area contributed by atoms with Crippen molar-refractivity contribution in [1.29, 1.82) is 0 Å². The van der Waals surface area contributed by atoms with E-state index in [1.165, 1.54) is 11.1 Å². The van der Waals surface area contributed by atoms with Crippen LogP contribution in [-0.2, 0) is 6.42 Å². The number of nitrogens with zero attached hydrogens (tertiary/aromatic N) is 2. The van der Waals surface area contributed by atoms with Crippen LogP contribution < -0.4 is 5.73 Å². The zero-order valence-electron chi connectivity index (χ0n) is 10.8. The fraction of sp³-hybridized carbons (Fsp3) is 0.267. The van der Waals surface area contributed by atoms with Gasteiger partial charge in [0.05, 0.1) is 11.3 Å². The molecule has 1 aromatic heterocycles. The van der Waals surface area contributed by atoms with Crippen molar-refractivity contribution >= 4 is 11.7 Å². The van der Waals surface area contributed by atoms with Gasteiger partial charge in [0.1, 0.15) is 0 Å². The Morgan fingerprint density at radius 2 is 2.05 bits per heavy atom. The molecule has 1 heterocycles. The molecule has 0 saturated carbocycles. The van der Waals surface area contributed by atoms with Crippen LogP contribution in [0.15, 0.2) is 30.5 Å². The smallest absolute Gasteiger partial charge is 0.220 e. The van der Waals surface area contributed by atoms with Crippen molar-refractivity contribution in [3.8, 4) is 0 Å². The van der Waals surface area contributed by atoms with Crippen molar-refractivity contribution in [2.45, 2.75) is 25.7 Å². The third kappa shape index (κ3) is 2.10. The summed E-state index contributed by atoms with van der Waals surface area (Å²) in [4.78, 5) is 20.3. The number of nitrogens with two attached hydrogens (primary N) is 1. The third-order valence-corrected chi connectivity index (χ3v) is 3.69. The molecule has 0 amide bonds. The Labute approximate surface area is 111 Å². The van der Waals surface area contributed by atoms with E-state index in [2.05, 4.69) is 29.0 Å². The summed E-state index contributed by atoms with van der Waals surface area (Å²) in [7, 11) is 0. The van der Waals surface area contributed by atoms with Crippen molar-refractivity contribution in [2.24, 2.45) is 0 Å². The second-order valence-corrected chi connectivity index (χ2v) is 4.97. The van der Waals surface area contributed by atoms with E-state index in [4.69, 9.17) is 5.73 Å². The molecule has 1 aromatic carbocycles. The first-order valence-corrected chi connectivity index (χ1v) is 6.35. The number of aryl methyl sites for hydroxylation is 1. The number of hydrogen-bond acceptors (Lipinski definition) is 4. The molecule has 4 heteroatoms. The molecule has 4 nitrogen and oxygen atoms in total. The van der Waals surface area contributed by atoms with Gasteiger partial charge in [-0.3, -0.25) is 4.79 Å². The second kappa shape index (κ2) is 4.46. The van der Waals surface area contributed by atoms with Crippen LogP contribution >= 0.6 is 0 Å². The van der Waals surface area contributed by atoms with Crippen LogP contribution in [0.2, 0.25) is 0 Å². The Hall–Kier alpha value is -2.23. The molecule has 0 radical (unpaired) electrons. The van der Waals surface area contributed by atoms with Gasteiger partial charge in [-0.25, -0.2) is 9.97 Å². The van der Waals surface area contributed by atoms with Gasteiger partial charge in [0, 0.05) is 12.6 Å². The summed E-state index contributed by atoms with van der Waals surface area (Å²) < 4.78 is 0. The number of carbonyl (C=O) groups excluding carboxylic acids is 1.